The summed E-state index contributed by atoms with van der Waals surface area (Å²) in [6, 6.07) is 16.1. The van der Waals surface area contributed by atoms with Crippen molar-refractivity contribution in [2.24, 2.45) is 0 Å². The van der Waals surface area contributed by atoms with Gasteiger partial charge in [0, 0.05) is 29.0 Å². The van der Waals surface area contributed by atoms with E-state index in [0.717, 1.165) is 27.4 Å². The van der Waals surface area contributed by atoms with Gasteiger partial charge in [-0.05, 0) is 29.8 Å². The van der Waals surface area contributed by atoms with E-state index in [1.54, 1.807) is 6.20 Å². The molecule has 0 saturated heterocycles. The van der Waals surface area contributed by atoms with E-state index >= 15 is 0 Å². The molecule has 3 rings (SSSR count). The first-order valence-corrected chi connectivity index (χ1v) is 7.41. The maximum atomic E-state index is 6.25. The SMILES string of the molecule is Clc1ccccc1-c1nccn1Cc1ccc(Br)cc1. The van der Waals surface area contributed by atoms with Crippen LogP contribution in [0.4, 0.5) is 0 Å². The third-order valence-electron chi connectivity index (χ3n) is 3.10. The summed E-state index contributed by atoms with van der Waals surface area (Å²) in [5, 5.41) is 0.718. The number of hydrogen-bond donors (Lipinski definition) is 0. The minimum absolute atomic E-state index is 0.718. The lowest BCUT2D eigenvalue weighted by molar-refractivity contribution is 0.807. The summed E-state index contributed by atoms with van der Waals surface area (Å²) in [6.07, 6.45) is 3.78. The van der Waals surface area contributed by atoms with Crippen molar-refractivity contribution in [3.05, 3.63) is 76.0 Å². The second-order valence-electron chi connectivity index (χ2n) is 4.49. The van der Waals surface area contributed by atoms with E-state index < -0.39 is 0 Å². The van der Waals surface area contributed by atoms with E-state index in [2.05, 4.69) is 37.6 Å². The predicted molar refractivity (Wildman–Crippen MR) is 85.9 cm³/mol. The van der Waals surface area contributed by atoms with Gasteiger partial charge in [-0.2, -0.15) is 0 Å². The predicted octanol–water partition coefficient (Wildman–Crippen LogP) is 5.01. The van der Waals surface area contributed by atoms with Crippen LogP contribution < -0.4 is 0 Å². The van der Waals surface area contributed by atoms with Crippen molar-refractivity contribution in [2.45, 2.75) is 6.54 Å². The first-order chi connectivity index (χ1) is 9.74. The van der Waals surface area contributed by atoms with E-state index in [1.807, 2.05) is 42.6 Å². The Labute approximate surface area is 131 Å². The Balaban J connectivity index is 1.95. The molecule has 0 saturated carbocycles. The Morgan fingerprint density at radius 3 is 2.55 bits per heavy atom. The lowest BCUT2D eigenvalue weighted by atomic mass is 10.2. The van der Waals surface area contributed by atoms with E-state index in [-0.39, 0.29) is 0 Å². The Hall–Kier alpha value is -1.58. The third kappa shape index (κ3) is 2.79. The zero-order chi connectivity index (χ0) is 13.9. The Morgan fingerprint density at radius 2 is 1.80 bits per heavy atom. The molecular weight excluding hydrogens is 336 g/mol. The molecule has 0 atom stereocenters. The smallest absolute Gasteiger partial charge is 0.141 e. The average Bonchev–Trinajstić information content (AvgIpc) is 2.90. The molecular formula is C16H12BrClN2. The van der Waals surface area contributed by atoms with Gasteiger partial charge in [-0.3, -0.25) is 0 Å². The van der Waals surface area contributed by atoms with Crippen LogP contribution in [0, 0.1) is 0 Å². The van der Waals surface area contributed by atoms with E-state index in [4.69, 9.17) is 11.6 Å². The summed E-state index contributed by atoms with van der Waals surface area (Å²) in [4.78, 5) is 4.43. The maximum absolute atomic E-state index is 6.25. The molecule has 0 N–H and O–H groups in total. The fourth-order valence-corrected chi connectivity index (χ4v) is 2.59. The van der Waals surface area contributed by atoms with Crippen molar-refractivity contribution in [1.82, 2.24) is 9.55 Å². The van der Waals surface area contributed by atoms with Crippen LogP contribution >= 0.6 is 27.5 Å². The van der Waals surface area contributed by atoms with Crippen LogP contribution in [-0.2, 0) is 6.54 Å². The minimum atomic E-state index is 0.718. The molecule has 0 fully saturated rings. The van der Waals surface area contributed by atoms with Gasteiger partial charge in [-0.1, -0.05) is 51.8 Å². The normalized spacial score (nSPS) is 10.7. The quantitative estimate of drug-likeness (QED) is 0.651. The third-order valence-corrected chi connectivity index (χ3v) is 3.95. The number of rotatable bonds is 3. The summed E-state index contributed by atoms with van der Waals surface area (Å²) in [6.45, 7) is 0.772. The molecule has 0 unspecified atom stereocenters. The molecule has 20 heavy (non-hydrogen) atoms. The lowest BCUT2D eigenvalue weighted by Gasteiger charge is -2.09. The highest BCUT2D eigenvalue weighted by Gasteiger charge is 2.09. The molecule has 0 spiro atoms. The first kappa shape index (κ1) is 13.4. The summed E-state index contributed by atoms with van der Waals surface area (Å²) < 4.78 is 3.18. The number of aromatic nitrogens is 2. The highest BCUT2D eigenvalue weighted by atomic mass is 79.9. The molecule has 0 amide bonds. The van der Waals surface area contributed by atoms with Crippen molar-refractivity contribution >= 4 is 27.5 Å². The van der Waals surface area contributed by atoms with E-state index in [0.29, 0.717) is 0 Å². The summed E-state index contributed by atoms with van der Waals surface area (Å²) in [5.74, 6) is 0.888. The Bertz CT molecular complexity index is 719. The zero-order valence-electron chi connectivity index (χ0n) is 10.6. The molecule has 0 aliphatic rings. The molecule has 0 aliphatic carbocycles. The van der Waals surface area contributed by atoms with Crippen LogP contribution in [0.3, 0.4) is 0 Å². The second-order valence-corrected chi connectivity index (χ2v) is 5.81. The van der Waals surface area contributed by atoms with Crippen molar-refractivity contribution in [3.63, 3.8) is 0 Å². The molecule has 3 aromatic rings. The zero-order valence-corrected chi connectivity index (χ0v) is 13.0. The number of benzene rings is 2. The van der Waals surface area contributed by atoms with Gasteiger partial charge in [0.1, 0.15) is 5.82 Å². The number of nitrogens with zero attached hydrogens (tertiary/aromatic N) is 2. The fourth-order valence-electron chi connectivity index (χ4n) is 2.11. The van der Waals surface area contributed by atoms with Crippen LogP contribution in [0.5, 0.6) is 0 Å². The van der Waals surface area contributed by atoms with Crippen molar-refractivity contribution < 1.29 is 0 Å². The van der Waals surface area contributed by atoms with Gasteiger partial charge in [0.2, 0.25) is 0 Å². The minimum Gasteiger partial charge on any atom is -0.327 e. The molecule has 0 radical (unpaired) electrons. The van der Waals surface area contributed by atoms with Crippen LogP contribution in [0.25, 0.3) is 11.4 Å². The molecule has 0 bridgehead atoms. The lowest BCUT2D eigenvalue weighted by Crippen LogP contribution is -2.01. The van der Waals surface area contributed by atoms with Crippen molar-refractivity contribution in [1.29, 1.82) is 0 Å². The van der Waals surface area contributed by atoms with Crippen molar-refractivity contribution in [2.75, 3.05) is 0 Å². The van der Waals surface area contributed by atoms with Gasteiger partial charge in [-0.15, -0.1) is 0 Å². The van der Waals surface area contributed by atoms with Crippen LogP contribution in [0.1, 0.15) is 5.56 Å². The molecule has 2 nitrogen and oxygen atoms in total. The molecule has 4 heteroatoms. The Kier molecular flexibility index (Phi) is 3.90. The average molecular weight is 348 g/mol. The number of halogens is 2. The summed E-state index contributed by atoms with van der Waals surface area (Å²) >= 11 is 9.70. The maximum Gasteiger partial charge on any atom is 0.141 e. The summed E-state index contributed by atoms with van der Waals surface area (Å²) in [5.41, 5.74) is 2.18. The highest BCUT2D eigenvalue weighted by molar-refractivity contribution is 9.10. The highest BCUT2D eigenvalue weighted by Crippen LogP contribution is 2.26. The van der Waals surface area contributed by atoms with Crippen LogP contribution in [0.15, 0.2) is 65.4 Å². The van der Waals surface area contributed by atoms with Gasteiger partial charge in [0.25, 0.3) is 0 Å². The summed E-state index contributed by atoms with van der Waals surface area (Å²) in [7, 11) is 0. The van der Waals surface area contributed by atoms with E-state index in [9.17, 15) is 0 Å². The molecule has 100 valence electrons. The first-order valence-electron chi connectivity index (χ1n) is 6.24. The second kappa shape index (κ2) is 5.81. The number of imidazole rings is 1. The van der Waals surface area contributed by atoms with E-state index in [1.165, 1.54) is 5.56 Å². The Morgan fingerprint density at radius 1 is 1.05 bits per heavy atom. The monoisotopic (exact) mass is 346 g/mol. The largest absolute Gasteiger partial charge is 0.327 e. The molecule has 1 heterocycles. The van der Waals surface area contributed by atoms with Gasteiger partial charge < -0.3 is 4.57 Å². The van der Waals surface area contributed by atoms with Crippen LogP contribution in [0.2, 0.25) is 5.02 Å². The topological polar surface area (TPSA) is 17.8 Å². The molecule has 1 aromatic heterocycles. The number of hydrogen-bond acceptors (Lipinski definition) is 1. The standard InChI is InChI=1S/C16H12BrClN2/c17-13-7-5-12(6-8-13)11-20-10-9-19-16(20)14-3-1-2-4-15(14)18/h1-10H,11H2. The van der Waals surface area contributed by atoms with Gasteiger partial charge in [-0.25, -0.2) is 4.98 Å². The van der Waals surface area contributed by atoms with Gasteiger partial charge in [0.15, 0.2) is 0 Å². The molecule has 2 aromatic carbocycles. The van der Waals surface area contributed by atoms with Crippen LogP contribution in [-0.4, -0.2) is 9.55 Å². The molecule has 0 aliphatic heterocycles. The van der Waals surface area contributed by atoms with Gasteiger partial charge >= 0.3 is 0 Å². The van der Waals surface area contributed by atoms with Crippen molar-refractivity contribution in [3.8, 4) is 11.4 Å². The fraction of sp³-hybridized carbons (Fsp3) is 0.0625. The van der Waals surface area contributed by atoms with Gasteiger partial charge in [0.05, 0.1) is 5.02 Å².